The molecule has 0 amide bonds. The third-order valence-electron chi connectivity index (χ3n) is 1.63. The standard InChI is InChI=1S/C9H12OS/c1-6-4-7(2)9(10)8(5-6)11-3/h4-5,10H,1-3H3. The van der Waals surface area contributed by atoms with Crippen molar-refractivity contribution in [2.24, 2.45) is 0 Å². The second-order valence-electron chi connectivity index (χ2n) is 2.63. The van der Waals surface area contributed by atoms with Gasteiger partial charge in [0, 0.05) is 4.90 Å². The van der Waals surface area contributed by atoms with E-state index in [2.05, 4.69) is 0 Å². The second kappa shape index (κ2) is 3.18. The molecule has 1 N–H and O–H groups in total. The van der Waals surface area contributed by atoms with Gasteiger partial charge in [0.2, 0.25) is 0 Å². The van der Waals surface area contributed by atoms with Crippen molar-refractivity contribution >= 4 is 11.8 Å². The van der Waals surface area contributed by atoms with Gasteiger partial charge in [-0.1, -0.05) is 6.07 Å². The molecule has 0 spiro atoms. The van der Waals surface area contributed by atoms with Crippen LogP contribution in [0.2, 0.25) is 0 Å². The Labute approximate surface area is 71.4 Å². The zero-order valence-electron chi connectivity index (χ0n) is 7.01. The Bertz CT molecular complexity index is 269. The Morgan fingerprint density at radius 1 is 1.27 bits per heavy atom. The molecule has 1 rings (SSSR count). The van der Waals surface area contributed by atoms with Gasteiger partial charge in [-0.15, -0.1) is 11.8 Å². The van der Waals surface area contributed by atoms with E-state index in [1.165, 1.54) is 5.56 Å². The van der Waals surface area contributed by atoms with Gasteiger partial charge in [0.15, 0.2) is 0 Å². The molecule has 0 aromatic heterocycles. The van der Waals surface area contributed by atoms with Gasteiger partial charge in [-0.05, 0) is 37.3 Å². The van der Waals surface area contributed by atoms with E-state index in [-0.39, 0.29) is 0 Å². The van der Waals surface area contributed by atoms with Crippen LogP contribution in [-0.4, -0.2) is 11.4 Å². The van der Waals surface area contributed by atoms with Crippen molar-refractivity contribution in [3.63, 3.8) is 0 Å². The topological polar surface area (TPSA) is 20.2 Å². The van der Waals surface area contributed by atoms with Crippen molar-refractivity contribution in [2.75, 3.05) is 6.26 Å². The Hall–Kier alpha value is -0.630. The molecule has 0 aliphatic heterocycles. The molecule has 0 saturated heterocycles. The zero-order valence-corrected chi connectivity index (χ0v) is 7.83. The average Bonchev–Trinajstić information content (AvgIpc) is 1.96. The van der Waals surface area contributed by atoms with Crippen LogP contribution in [0.5, 0.6) is 5.75 Å². The molecule has 1 nitrogen and oxygen atoms in total. The smallest absolute Gasteiger partial charge is 0.132 e. The van der Waals surface area contributed by atoms with E-state index in [1.54, 1.807) is 11.8 Å². The number of phenolic OH excluding ortho intramolecular Hbond substituents is 1. The number of benzene rings is 1. The van der Waals surface area contributed by atoms with E-state index < -0.39 is 0 Å². The van der Waals surface area contributed by atoms with Crippen molar-refractivity contribution in [3.05, 3.63) is 23.3 Å². The van der Waals surface area contributed by atoms with Gasteiger partial charge < -0.3 is 5.11 Å². The van der Waals surface area contributed by atoms with Crippen LogP contribution >= 0.6 is 11.8 Å². The summed E-state index contributed by atoms with van der Waals surface area (Å²) in [5, 5.41) is 9.50. The first-order valence-electron chi connectivity index (χ1n) is 3.49. The third kappa shape index (κ3) is 1.69. The average molecular weight is 168 g/mol. The Morgan fingerprint density at radius 3 is 2.45 bits per heavy atom. The number of aryl methyl sites for hydroxylation is 2. The molecule has 0 unspecified atom stereocenters. The highest BCUT2D eigenvalue weighted by Crippen LogP contribution is 2.30. The molecule has 11 heavy (non-hydrogen) atoms. The lowest BCUT2D eigenvalue weighted by Gasteiger charge is -2.05. The number of rotatable bonds is 1. The van der Waals surface area contributed by atoms with Gasteiger partial charge in [-0.25, -0.2) is 0 Å². The molecular formula is C9H12OS. The van der Waals surface area contributed by atoms with E-state index in [0.717, 1.165) is 10.5 Å². The molecule has 2 heteroatoms. The van der Waals surface area contributed by atoms with E-state index in [4.69, 9.17) is 0 Å². The van der Waals surface area contributed by atoms with Gasteiger partial charge in [-0.2, -0.15) is 0 Å². The van der Waals surface area contributed by atoms with Crippen molar-refractivity contribution < 1.29 is 5.11 Å². The van der Waals surface area contributed by atoms with E-state index in [9.17, 15) is 5.11 Å². The highest BCUT2D eigenvalue weighted by Gasteiger charge is 2.02. The summed E-state index contributed by atoms with van der Waals surface area (Å²) in [6, 6.07) is 3.97. The Kier molecular flexibility index (Phi) is 2.45. The van der Waals surface area contributed by atoms with Crippen LogP contribution in [0.3, 0.4) is 0 Å². The monoisotopic (exact) mass is 168 g/mol. The maximum absolute atomic E-state index is 9.50. The molecule has 0 saturated carbocycles. The summed E-state index contributed by atoms with van der Waals surface area (Å²) < 4.78 is 0. The predicted octanol–water partition coefficient (Wildman–Crippen LogP) is 2.73. The summed E-state index contributed by atoms with van der Waals surface area (Å²) in [6.07, 6.45) is 1.97. The van der Waals surface area contributed by atoms with Crippen molar-refractivity contribution in [1.29, 1.82) is 0 Å². The van der Waals surface area contributed by atoms with Crippen molar-refractivity contribution in [2.45, 2.75) is 18.7 Å². The van der Waals surface area contributed by atoms with E-state index in [0.29, 0.717) is 5.75 Å². The minimum atomic E-state index is 0.420. The van der Waals surface area contributed by atoms with Crippen LogP contribution in [-0.2, 0) is 0 Å². The van der Waals surface area contributed by atoms with Crippen LogP contribution in [0.1, 0.15) is 11.1 Å². The van der Waals surface area contributed by atoms with Gasteiger partial charge >= 0.3 is 0 Å². The quantitative estimate of drug-likeness (QED) is 0.651. The molecule has 1 aromatic carbocycles. The first-order valence-corrected chi connectivity index (χ1v) is 4.72. The number of thioether (sulfide) groups is 1. The van der Waals surface area contributed by atoms with Gasteiger partial charge in [0.1, 0.15) is 5.75 Å². The number of phenols is 1. The first-order chi connectivity index (χ1) is 5.15. The Morgan fingerprint density at radius 2 is 1.91 bits per heavy atom. The van der Waals surface area contributed by atoms with Crippen LogP contribution in [0.15, 0.2) is 17.0 Å². The lowest BCUT2D eigenvalue weighted by atomic mass is 10.1. The fraction of sp³-hybridized carbons (Fsp3) is 0.333. The summed E-state index contributed by atoms with van der Waals surface area (Å²) in [5.41, 5.74) is 2.15. The number of hydrogen-bond donors (Lipinski definition) is 1. The molecule has 0 aliphatic rings. The molecule has 0 bridgehead atoms. The predicted molar refractivity (Wildman–Crippen MR) is 49.4 cm³/mol. The first kappa shape index (κ1) is 8.47. The fourth-order valence-corrected chi connectivity index (χ4v) is 1.73. The SMILES string of the molecule is CSc1cc(C)cc(C)c1O. The molecule has 0 atom stereocenters. The Balaban J connectivity index is 3.24. The summed E-state index contributed by atoms with van der Waals surface area (Å²) in [4.78, 5) is 0.961. The van der Waals surface area contributed by atoms with Crippen LogP contribution in [0.4, 0.5) is 0 Å². The van der Waals surface area contributed by atoms with Crippen molar-refractivity contribution in [1.82, 2.24) is 0 Å². The second-order valence-corrected chi connectivity index (χ2v) is 3.48. The molecular weight excluding hydrogens is 156 g/mol. The number of hydrogen-bond acceptors (Lipinski definition) is 2. The summed E-state index contributed by atoms with van der Waals surface area (Å²) in [7, 11) is 0. The molecule has 60 valence electrons. The lowest BCUT2D eigenvalue weighted by Crippen LogP contribution is -1.81. The highest BCUT2D eigenvalue weighted by molar-refractivity contribution is 7.98. The third-order valence-corrected chi connectivity index (χ3v) is 2.38. The highest BCUT2D eigenvalue weighted by atomic mass is 32.2. The lowest BCUT2D eigenvalue weighted by molar-refractivity contribution is 0.458. The van der Waals surface area contributed by atoms with E-state index in [1.807, 2.05) is 32.2 Å². The van der Waals surface area contributed by atoms with Crippen LogP contribution in [0.25, 0.3) is 0 Å². The normalized spacial score (nSPS) is 10.1. The minimum absolute atomic E-state index is 0.420. The van der Waals surface area contributed by atoms with Crippen molar-refractivity contribution in [3.8, 4) is 5.75 Å². The van der Waals surface area contributed by atoms with Crippen LogP contribution < -0.4 is 0 Å². The summed E-state index contributed by atoms with van der Waals surface area (Å²) in [6.45, 7) is 3.95. The van der Waals surface area contributed by atoms with Gasteiger partial charge in [0.25, 0.3) is 0 Å². The molecule has 1 aromatic rings. The molecule has 0 fully saturated rings. The maximum atomic E-state index is 9.50. The van der Waals surface area contributed by atoms with Crippen LogP contribution in [0, 0.1) is 13.8 Å². The number of aromatic hydroxyl groups is 1. The van der Waals surface area contributed by atoms with Gasteiger partial charge in [0.05, 0.1) is 0 Å². The molecule has 0 aliphatic carbocycles. The minimum Gasteiger partial charge on any atom is -0.507 e. The zero-order chi connectivity index (χ0) is 8.43. The van der Waals surface area contributed by atoms with E-state index >= 15 is 0 Å². The summed E-state index contributed by atoms with van der Waals surface area (Å²) >= 11 is 1.57. The fourth-order valence-electron chi connectivity index (χ4n) is 1.08. The van der Waals surface area contributed by atoms with Gasteiger partial charge in [-0.3, -0.25) is 0 Å². The molecule has 0 radical (unpaired) electrons. The summed E-state index contributed by atoms with van der Waals surface area (Å²) in [5.74, 6) is 0.420. The largest absolute Gasteiger partial charge is 0.507 e. The molecule has 0 heterocycles. The maximum Gasteiger partial charge on any atom is 0.132 e.